The van der Waals surface area contributed by atoms with Gasteiger partial charge in [0.05, 0.1) is 5.56 Å². The Bertz CT molecular complexity index is 424. The van der Waals surface area contributed by atoms with E-state index in [1.165, 1.54) is 12.1 Å². The summed E-state index contributed by atoms with van der Waals surface area (Å²) in [5, 5.41) is 11.3. The molecule has 4 nitrogen and oxygen atoms in total. The lowest BCUT2D eigenvalue weighted by molar-refractivity contribution is -0.111. The Morgan fingerprint density at radius 1 is 1.47 bits per heavy atom. The number of anilines is 1. The van der Waals surface area contributed by atoms with E-state index in [1.54, 1.807) is 13.0 Å². The first-order valence-electron chi connectivity index (χ1n) is 4.32. The second-order valence-electron chi connectivity index (χ2n) is 3.03. The Balaban J connectivity index is 2.96. The van der Waals surface area contributed by atoms with Gasteiger partial charge in [-0.25, -0.2) is 4.79 Å². The first-order valence-corrected chi connectivity index (χ1v) is 4.32. The molecule has 0 aliphatic heterocycles. The molecule has 0 radical (unpaired) electrons. The van der Waals surface area contributed by atoms with Crippen molar-refractivity contribution in [3.05, 3.63) is 42.0 Å². The summed E-state index contributed by atoms with van der Waals surface area (Å²) in [6, 6.07) is 4.60. The van der Waals surface area contributed by atoms with Crippen LogP contribution in [0.5, 0.6) is 0 Å². The highest BCUT2D eigenvalue weighted by Gasteiger charge is 2.07. The van der Waals surface area contributed by atoms with Gasteiger partial charge in [-0.1, -0.05) is 6.58 Å². The summed E-state index contributed by atoms with van der Waals surface area (Å²) < 4.78 is 0. The largest absolute Gasteiger partial charge is 0.478 e. The maximum absolute atomic E-state index is 11.0. The van der Waals surface area contributed by atoms with Gasteiger partial charge in [-0.2, -0.15) is 0 Å². The number of nitrogens with one attached hydrogen (secondary N) is 1. The molecule has 0 aliphatic rings. The van der Waals surface area contributed by atoms with E-state index in [9.17, 15) is 9.59 Å². The molecule has 1 aromatic carbocycles. The van der Waals surface area contributed by atoms with Crippen LogP contribution in [0.15, 0.2) is 30.9 Å². The van der Waals surface area contributed by atoms with E-state index >= 15 is 0 Å². The quantitative estimate of drug-likeness (QED) is 0.739. The molecule has 4 heteroatoms. The summed E-state index contributed by atoms with van der Waals surface area (Å²) >= 11 is 0. The van der Waals surface area contributed by atoms with E-state index in [0.717, 1.165) is 6.08 Å². The number of amides is 1. The SMILES string of the molecule is C=CC(=O)Nc1ccc(C(=O)O)c(C)c1. The summed E-state index contributed by atoms with van der Waals surface area (Å²) in [6.07, 6.45) is 1.15. The van der Waals surface area contributed by atoms with Crippen LogP contribution in [0.4, 0.5) is 5.69 Å². The van der Waals surface area contributed by atoms with Gasteiger partial charge in [0.2, 0.25) is 5.91 Å². The van der Waals surface area contributed by atoms with Crippen molar-refractivity contribution < 1.29 is 14.7 Å². The van der Waals surface area contributed by atoms with Gasteiger partial charge in [0, 0.05) is 5.69 Å². The zero-order valence-electron chi connectivity index (χ0n) is 8.28. The van der Waals surface area contributed by atoms with E-state index in [4.69, 9.17) is 5.11 Å². The van der Waals surface area contributed by atoms with Gasteiger partial charge in [0.25, 0.3) is 0 Å². The van der Waals surface area contributed by atoms with Crippen LogP contribution in [0.25, 0.3) is 0 Å². The van der Waals surface area contributed by atoms with E-state index in [2.05, 4.69) is 11.9 Å². The van der Waals surface area contributed by atoms with Crippen LogP contribution in [0.2, 0.25) is 0 Å². The first kappa shape index (κ1) is 11.0. The molecule has 15 heavy (non-hydrogen) atoms. The third-order valence-electron chi connectivity index (χ3n) is 1.91. The number of aromatic carboxylic acids is 1. The predicted octanol–water partition coefficient (Wildman–Crippen LogP) is 1.82. The highest BCUT2D eigenvalue weighted by atomic mass is 16.4. The van der Waals surface area contributed by atoms with Crippen molar-refractivity contribution >= 4 is 17.6 Å². The van der Waals surface area contributed by atoms with E-state index in [1.807, 2.05) is 0 Å². The lowest BCUT2D eigenvalue weighted by atomic mass is 10.1. The molecule has 78 valence electrons. The average Bonchev–Trinajstić information content (AvgIpc) is 2.17. The number of carbonyl (C=O) groups excluding carboxylic acids is 1. The predicted molar refractivity (Wildman–Crippen MR) is 57.0 cm³/mol. The monoisotopic (exact) mass is 205 g/mol. The number of carboxylic acid groups (broad SMARTS) is 1. The van der Waals surface area contributed by atoms with Crippen molar-refractivity contribution in [3.63, 3.8) is 0 Å². The van der Waals surface area contributed by atoms with Crippen LogP contribution in [0.3, 0.4) is 0 Å². The Morgan fingerprint density at radius 2 is 2.13 bits per heavy atom. The van der Waals surface area contributed by atoms with Crippen LogP contribution in [0.1, 0.15) is 15.9 Å². The highest BCUT2D eigenvalue weighted by Crippen LogP contribution is 2.15. The highest BCUT2D eigenvalue weighted by molar-refractivity contribution is 5.99. The molecular formula is C11H11NO3. The molecule has 0 spiro atoms. The summed E-state index contributed by atoms with van der Waals surface area (Å²) in [5.74, 6) is -1.30. The minimum Gasteiger partial charge on any atom is -0.478 e. The van der Waals surface area contributed by atoms with Crippen molar-refractivity contribution in [2.45, 2.75) is 6.92 Å². The molecule has 0 saturated carbocycles. The van der Waals surface area contributed by atoms with Gasteiger partial charge in [-0.15, -0.1) is 0 Å². The number of carbonyl (C=O) groups is 2. The van der Waals surface area contributed by atoms with Crippen LogP contribution in [-0.4, -0.2) is 17.0 Å². The van der Waals surface area contributed by atoms with Crippen LogP contribution in [0, 0.1) is 6.92 Å². The summed E-state index contributed by atoms with van der Waals surface area (Å²) in [6.45, 7) is 4.99. The number of benzene rings is 1. The van der Waals surface area contributed by atoms with Crippen molar-refractivity contribution in [2.24, 2.45) is 0 Å². The van der Waals surface area contributed by atoms with Gasteiger partial charge >= 0.3 is 5.97 Å². The zero-order chi connectivity index (χ0) is 11.4. The van der Waals surface area contributed by atoms with Crippen molar-refractivity contribution in [1.29, 1.82) is 0 Å². The van der Waals surface area contributed by atoms with Crippen molar-refractivity contribution in [1.82, 2.24) is 0 Å². The number of aryl methyl sites for hydroxylation is 1. The molecule has 1 amide bonds. The van der Waals surface area contributed by atoms with Crippen LogP contribution >= 0.6 is 0 Å². The molecule has 1 rings (SSSR count). The van der Waals surface area contributed by atoms with Crippen molar-refractivity contribution in [2.75, 3.05) is 5.32 Å². The molecule has 2 N–H and O–H groups in total. The summed E-state index contributed by atoms with van der Waals surface area (Å²) in [7, 11) is 0. The van der Waals surface area contributed by atoms with Gasteiger partial charge in [0.15, 0.2) is 0 Å². The molecular weight excluding hydrogens is 194 g/mol. The standard InChI is InChI=1S/C11H11NO3/c1-3-10(13)12-8-4-5-9(11(14)15)7(2)6-8/h3-6H,1H2,2H3,(H,12,13)(H,14,15). The Kier molecular flexibility index (Phi) is 3.23. The van der Waals surface area contributed by atoms with Gasteiger partial charge < -0.3 is 10.4 Å². The van der Waals surface area contributed by atoms with Crippen molar-refractivity contribution in [3.8, 4) is 0 Å². The van der Waals surface area contributed by atoms with Gasteiger partial charge in [0.1, 0.15) is 0 Å². The maximum Gasteiger partial charge on any atom is 0.335 e. The maximum atomic E-state index is 11.0. The molecule has 0 fully saturated rings. The fourth-order valence-electron chi connectivity index (χ4n) is 1.17. The lowest BCUT2D eigenvalue weighted by Gasteiger charge is -2.05. The Hall–Kier alpha value is -2.10. The third kappa shape index (κ3) is 2.67. The van der Waals surface area contributed by atoms with E-state index < -0.39 is 5.97 Å². The smallest absolute Gasteiger partial charge is 0.335 e. The average molecular weight is 205 g/mol. The summed E-state index contributed by atoms with van der Waals surface area (Å²) in [4.78, 5) is 21.7. The molecule has 0 aliphatic carbocycles. The minimum absolute atomic E-state index is 0.228. The summed E-state index contributed by atoms with van der Waals surface area (Å²) in [5.41, 5.74) is 1.39. The zero-order valence-corrected chi connectivity index (χ0v) is 8.28. The lowest BCUT2D eigenvalue weighted by Crippen LogP contribution is -2.08. The van der Waals surface area contributed by atoms with E-state index in [-0.39, 0.29) is 11.5 Å². The topological polar surface area (TPSA) is 66.4 Å². The minimum atomic E-state index is -0.978. The van der Waals surface area contributed by atoms with E-state index in [0.29, 0.717) is 11.3 Å². The Morgan fingerprint density at radius 3 is 2.60 bits per heavy atom. The molecule has 0 unspecified atom stereocenters. The van der Waals surface area contributed by atoms with Gasteiger partial charge in [-0.3, -0.25) is 4.79 Å². The number of rotatable bonds is 3. The molecule has 0 bridgehead atoms. The Labute approximate surface area is 87.2 Å². The number of hydrogen-bond acceptors (Lipinski definition) is 2. The molecule has 0 aromatic heterocycles. The second kappa shape index (κ2) is 4.41. The number of carboxylic acids is 1. The first-order chi connectivity index (χ1) is 7.04. The molecule has 0 saturated heterocycles. The number of hydrogen-bond donors (Lipinski definition) is 2. The fourth-order valence-corrected chi connectivity index (χ4v) is 1.17. The second-order valence-corrected chi connectivity index (χ2v) is 3.03. The molecule has 1 aromatic rings. The fraction of sp³-hybridized carbons (Fsp3) is 0.0909. The third-order valence-corrected chi connectivity index (χ3v) is 1.91. The molecule has 0 heterocycles. The van der Waals surface area contributed by atoms with Gasteiger partial charge in [-0.05, 0) is 36.8 Å². The molecule has 0 atom stereocenters. The van der Waals surface area contributed by atoms with Crippen LogP contribution in [-0.2, 0) is 4.79 Å². The normalized spacial score (nSPS) is 9.40. The van der Waals surface area contributed by atoms with Crippen LogP contribution < -0.4 is 5.32 Å².